The lowest BCUT2D eigenvalue weighted by atomic mass is 9.95. The van der Waals surface area contributed by atoms with Crippen molar-refractivity contribution in [3.8, 4) is 0 Å². The quantitative estimate of drug-likeness (QED) is 0.797. The second-order valence-corrected chi connectivity index (χ2v) is 8.97. The predicted molar refractivity (Wildman–Crippen MR) is 118 cm³/mol. The van der Waals surface area contributed by atoms with E-state index in [1.165, 1.54) is 6.42 Å². The van der Waals surface area contributed by atoms with Crippen LogP contribution >= 0.6 is 11.3 Å². The van der Waals surface area contributed by atoms with Crippen LogP contribution in [0.4, 0.5) is 11.4 Å². The maximum Gasteiger partial charge on any atom is 0.240 e. The fourth-order valence-electron chi connectivity index (χ4n) is 4.07. The van der Waals surface area contributed by atoms with Crippen molar-refractivity contribution in [2.45, 2.75) is 58.4 Å². The normalized spacial score (nSPS) is 17.5. The molecular weight excluding hydrogens is 382 g/mol. The highest BCUT2D eigenvalue weighted by atomic mass is 32.1. The molecule has 5 nitrogen and oxygen atoms in total. The molecule has 2 heterocycles. The smallest absolute Gasteiger partial charge is 0.240 e. The molecule has 152 valence electrons. The van der Waals surface area contributed by atoms with Crippen LogP contribution in [0.3, 0.4) is 0 Å². The van der Waals surface area contributed by atoms with Gasteiger partial charge in [-0.25, -0.2) is 4.99 Å². The van der Waals surface area contributed by atoms with Crippen LogP contribution in [-0.4, -0.2) is 30.1 Å². The lowest BCUT2D eigenvalue weighted by Crippen LogP contribution is -2.45. The van der Waals surface area contributed by atoms with Gasteiger partial charge in [0.15, 0.2) is 0 Å². The third kappa shape index (κ3) is 4.42. The summed E-state index contributed by atoms with van der Waals surface area (Å²) in [4.78, 5) is 33.4. The highest BCUT2D eigenvalue weighted by molar-refractivity contribution is 7.12. The molecule has 1 saturated carbocycles. The highest BCUT2D eigenvalue weighted by Crippen LogP contribution is 2.36. The van der Waals surface area contributed by atoms with Crippen LogP contribution in [0.2, 0.25) is 0 Å². The second kappa shape index (κ2) is 8.49. The topological polar surface area (TPSA) is 61.8 Å². The zero-order valence-corrected chi connectivity index (χ0v) is 17.8. The van der Waals surface area contributed by atoms with Crippen LogP contribution < -0.4 is 10.2 Å². The van der Waals surface area contributed by atoms with Gasteiger partial charge in [0.2, 0.25) is 11.8 Å². The molecule has 0 atom stereocenters. The molecule has 0 radical (unpaired) electrons. The Kier molecular flexibility index (Phi) is 5.81. The summed E-state index contributed by atoms with van der Waals surface area (Å²) in [6, 6.07) is 8.19. The monoisotopic (exact) mass is 409 g/mol. The number of hydrogen-bond acceptors (Lipinski definition) is 4. The van der Waals surface area contributed by atoms with Crippen LogP contribution in [0, 0.1) is 13.8 Å². The highest BCUT2D eigenvalue weighted by Gasteiger charge is 2.28. The van der Waals surface area contributed by atoms with Crippen molar-refractivity contribution in [1.82, 2.24) is 5.32 Å². The average molecular weight is 410 g/mol. The fraction of sp³-hybridized carbons (Fsp3) is 0.435. The molecule has 0 bridgehead atoms. The van der Waals surface area contributed by atoms with E-state index in [1.807, 2.05) is 43.5 Å². The predicted octanol–water partition coefficient (Wildman–Crippen LogP) is 4.67. The molecule has 1 fully saturated rings. The molecule has 0 spiro atoms. The zero-order chi connectivity index (χ0) is 20.4. The fourth-order valence-corrected chi connectivity index (χ4v) is 4.79. The van der Waals surface area contributed by atoms with E-state index in [0.29, 0.717) is 0 Å². The standard InChI is InChI=1S/C23H27N3O2S/c1-15-11-18-20(12-16(15)2)26(14-22(27)24-17-7-4-3-5-8-17)23(28)13-19(25-18)21-9-6-10-29-21/h6,9-12,17H,3-5,7-8,13-14H2,1-2H3,(H,24,27). The number of benzene rings is 1. The van der Waals surface area contributed by atoms with Gasteiger partial charge in [0, 0.05) is 10.9 Å². The number of carbonyl (C=O) groups excluding carboxylic acids is 2. The number of aliphatic imine (C=N–C) groups is 1. The van der Waals surface area contributed by atoms with Gasteiger partial charge in [0.25, 0.3) is 0 Å². The van der Waals surface area contributed by atoms with E-state index in [0.717, 1.165) is 58.8 Å². The maximum absolute atomic E-state index is 13.2. The van der Waals surface area contributed by atoms with Crippen molar-refractivity contribution < 1.29 is 9.59 Å². The van der Waals surface area contributed by atoms with Gasteiger partial charge in [-0.3, -0.25) is 9.59 Å². The van der Waals surface area contributed by atoms with Gasteiger partial charge in [0.1, 0.15) is 6.54 Å². The molecule has 6 heteroatoms. The van der Waals surface area contributed by atoms with Crippen LogP contribution in [0.5, 0.6) is 0 Å². The number of anilines is 1. The van der Waals surface area contributed by atoms with Gasteiger partial charge in [-0.1, -0.05) is 25.3 Å². The number of nitrogens with zero attached hydrogens (tertiary/aromatic N) is 2. The van der Waals surface area contributed by atoms with Crippen LogP contribution in [-0.2, 0) is 9.59 Å². The average Bonchev–Trinajstić information content (AvgIpc) is 3.20. The minimum absolute atomic E-state index is 0.0398. The second-order valence-electron chi connectivity index (χ2n) is 8.02. The van der Waals surface area contributed by atoms with Gasteiger partial charge >= 0.3 is 0 Å². The Bertz CT molecular complexity index is 943. The number of thiophene rings is 1. The van der Waals surface area contributed by atoms with E-state index in [-0.39, 0.29) is 30.8 Å². The van der Waals surface area contributed by atoms with Crippen LogP contribution in [0.15, 0.2) is 34.6 Å². The van der Waals surface area contributed by atoms with Crippen molar-refractivity contribution in [2.24, 2.45) is 4.99 Å². The Morgan fingerprint density at radius 1 is 1.21 bits per heavy atom. The zero-order valence-electron chi connectivity index (χ0n) is 17.0. The summed E-state index contributed by atoms with van der Waals surface area (Å²) in [5.74, 6) is -0.174. The van der Waals surface area contributed by atoms with Crippen molar-refractivity contribution in [3.63, 3.8) is 0 Å². The third-order valence-electron chi connectivity index (χ3n) is 5.83. The summed E-state index contributed by atoms with van der Waals surface area (Å²) >= 11 is 1.58. The minimum atomic E-state index is -0.0889. The Balaban J connectivity index is 1.63. The molecule has 1 aliphatic heterocycles. The van der Waals surface area contributed by atoms with Gasteiger partial charge in [-0.05, 0) is 61.4 Å². The largest absolute Gasteiger partial charge is 0.352 e. The first-order valence-corrected chi connectivity index (χ1v) is 11.2. The summed E-state index contributed by atoms with van der Waals surface area (Å²) < 4.78 is 0. The van der Waals surface area contributed by atoms with Crippen LogP contribution in [0.1, 0.15) is 54.5 Å². The molecule has 2 aromatic rings. The first-order chi connectivity index (χ1) is 14.0. The van der Waals surface area contributed by atoms with Gasteiger partial charge in [0.05, 0.1) is 23.5 Å². The summed E-state index contributed by atoms with van der Waals surface area (Å²) in [5.41, 5.74) is 4.46. The van der Waals surface area contributed by atoms with E-state index in [2.05, 4.69) is 5.32 Å². The third-order valence-corrected chi connectivity index (χ3v) is 6.75. The van der Waals surface area contributed by atoms with Crippen molar-refractivity contribution in [3.05, 3.63) is 45.6 Å². The number of fused-ring (bicyclic) bond motifs is 1. The molecule has 29 heavy (non-hydrogen) atoms. The Morgan fingerprint density at radius 2 is 1.97 bits per heavy atom. The number of rotatable bonds is 4. The molecule has 0 unspecified atom stereocenters. The molecule has 1 N–H and O–H groups in total. The van der Waals surface area contributed by atoms with Crippen molar-refractivity contribution in [2.75, 3.05) is 11.4 Å². The van der Waals surface area contributed by atoms with Gasteiger partial charge in [-0.2, -0.15) is 0 Å². The molecular formula is C23H27N3O2S. The van der Waals surface area contributed by atoms with Gasteiger partial charge in [-0.15, -0.1) is 11.3 Å². The Hall–Kier alpha value is -2.47. The molecule has 1 aliphatic carbocycles. The van der Waals surface area contributed by atoms with E-state index in [4.69, 9.17) is 4.99 Å². The summed E-state index contributed by atoms with van der Waals surface area (Å²) in [6.07, 6.45) is 5.82. The lowest BCUT2D eigenvalue weighted by Gasteiger charge is -2.26. The van der Waals surface area contributed by atoms with Crippen LogP contribution in [0.25, 0.3) is 0 Å². The van der Waals surface area contributed by atoms with E-state index < -0.39 is 0 Å². The number of amides is 2. The van der Waals surface area contributed by atoms with Crippen molar-refractivity contribution in [1.29, 1.82) is 0 Å². The molecule has 0 saturated heterocycles. The van der Waals surface area contributed by atoms with E-state index >= 15 is 0 Å². The molecule has 1 aromatic heterocycles. The van der Waals surface area contributed by atoms with Crippen molar-refractivity contribution >= 4 is 40.2 Å². The number of aryl methyl sites for hydroxylation is 2. The molecule has 2 aliphatic rings. The maximum atomic E-state index is 13.2. The SMILES string of the molecule is Cc1cc2c(cc1C)N(CC(=O)NC1CCCCC1)C(=O)CC(c1cccs1)=N2. The molecule has 1 aromatic carbocycles. The summed E-state index contributed by atoms with van der Waals surface area (Å²) in [5, 5.41) is 5.12. The first kappa shape index (κ1) is 19.8. The summed E-state index contributed by atoms with van der Waals surface area (Å²) in [6.45, 7) is 4.11. The Morgan fingerprint density at radius 3 is 2.69 bits per heavy atom. The molecule has 2 amide bonds. The number of carbonyl (C=O) groups is 2. The molecule has 4 rings (SSSR count). The minimum Gasteiger partial charge on any atom is -0.352 e. The van der Waals surface area contributed by atoms with E-state index in [1.54, 1.807) is 16.2 Å². The number of nitrogens with one attached hydrogen (secondary N) is 1. The van der Waals surface area contributed by atoms with E-state index in [9.17, 15) is 9.59 Å². The number of hydrogen-bond donors (Lipinski definition) is 1. The van der Waals surface area contributed by atoms with Gasteiger partial charge < -0.3 is 10.2 Å². The lowest BCUT2D eigenvalue weighted by molar-refractivity contribution is -0.124. The first-order valence-electron chi connectivity index (χ1n) is 10.3. The summed E-state index contributed by atoms with van der Waals surface area (Å²) in [7, 11) is 0. The Labute approximate surface area is 175 Å².